The van der Waals surface area contributed by atoms with Gasteiger partial charge in [-0.15, -0.1) is 0 Å². The van der Waals surface area contributed by atoms with Crippen molar-refractivity contribution in [2.24, 2.45) is 0 Å². The normalized spacial score (nSPS) is 17.9. The summed E-state index contributed by atoms with van der Waals surface area (Å²) in [6.45, 7) is 1.01. The fourth-order valence-corrected chi connectivity index (χ4v) is 3.12. The summed E-state index contributed by atoms with van der Waals surface area (Å²) >= 11 is 0. The van der Waals surface area contributed by atoms with Crippen molar-refractivity contribution in [1.82, 2.24) is 10.3 Å². The molecule has 2 heteroatoms. The van der Waals surface area contributed by atoms with Gasteiger partial charge in [-0.1, -0.05) is 48.5 Å². The fraction of sp³-hybridized carbons (Fsp3) is 0.167. The second kappa shape index (κ2) is 4.73. The molecule has 0 fully saturated rings. The standard InChI is InChI=1S/C18H16N2/c1-3-7-15-13(5-1)9-11-19-17(15)18-16-8-4-2-6-14(16)10-12-20-18/h1-9,11,18,20H,10,12H2/t18-/m0/s1. The van der Waals surface area contributed by atoms with Crippen LogP contribution in [0.15, 0.2) is 60.8 Å². The van der Waals surface area contributed by atoms with Gasteiger partial charge in [0.05, 0.1) is 11.7 Å². The van der Waals surface area contributed by atoms with Crippen molar-refractivity contribution in [1.29, 1.82) is 0 Å². The highest BCUT2D eigenvalue weighted by atomic mass is 14.9. The highest BCUT2D eigenvalue weighted by Crippen LogP contribution is 2.31. The Morgan fingerprint density at radius 3 is 2.80 bits per heavy atom. The molecule has 1 N–H and O–H groups in total. The Labute approximate surface area is 118 Å². The first kappa shape index (κ1) is 11.6. The molecule has 1 aromatic heterocycles. The lowest BCUT2D eigenvalue weighted by atomic mass is 9.90. The molecule has 0 bridgehead atoms. The van der Waals surface area contributed by atoms with E-state index in [1.165, 1.54) is 21.9 Å². The number of rotatable bonds is 1. The Kier molecular flexibility index (Phi) is 2.75. The van der Waals surface area contributed by atoms with Crippen molar-refractivity contribution >= 4 is 10.8 Å². The van der Waals surface area contributed by atoms with Crippen LogP contribution in [0.4, 0.5) is 0 Å². The number of aromatic nitrogens is 1. The largest absolute Gasteiger partial charge is 0.305 e. The molecule has 2 aromatic carbocycles. The molecule has 2 nitrogen and oxygen atoms in total. The van der Waals surface area contributed by atoms with E-state index < -0.39 is 0 Å². The Balaban J connectivity index is 1.93. The molecule has 1 aliphatic heterocycles. The van der Waals surface area contributed by atoms with Crippen molar-refractivity contribution in [3.8, 4) is 0 Å². The van der Waals surface area contributed by atoms with Crippen molar-refractivity contribution in [2.45, 2.75) is 12.5 Å². The molecular weight excluding hydrogens is 244 g/mol. The summed E-state index contributed by atoms with van der Waals surface area (Å²) in [5, 5.41) is 6.11. The maximum Gasteiger partial charge on any atom is 0.0760 e. The molecule has 0 amide bonds. The molecule has 0 saturated carbocycles. The Morgan fingerprint density at radius 2 is 1.80 bits per heavy atom. The molecule has 2 heterocycles. The maximum absolute atomic E-state index is 4.67. The Bertz CT molecular complexity index is 759. The van der Waals surface area contributed by atoms with Crippen LogP contribution in [0.2, 0.25) is 0 Å². The van der Waals surface area contributed by atoms with E-state index >= 15 is 0 Å². The minimum atomic E-state index is 0.200. The van der Waals surface area contributed by atoms with Crippen molar-refractivity contribution in [3.05, 3.63) is 77.6 Å². The molecule has 0 spiro atoms. The number of fused-ring (bicyclic) bond motifs is 2. The van der Waals surface area contributed by atoms with Crippen LogP contribution in [0.25, 0.3) is 10.8 Å². The zero-order valence-corrected chi connectivity index (χ0v) is 11.2. The minimum Gasteiger partial charge on any atom is -0.305 e. The van der Waals surface area contributed by atoms with Crippen LogP contribution in [0, 0.1) is 0 Å². The van der Waals surface area contributed by atoms with Gasteiger partial charge in [0.15, 0.2) is 0 Å². The molecule has 1 aliphatic rings. The molecule has 3 aromatic rings. The summed E-state index contributed by atoms with van der Waals surface area (Å²) in [6, 6.07) is 19.4. The highest BCUT2D eigenvalue weighted by Gasteiger charge is 2.23. The van der Waals surface area contributed by atoms with Gasteiger partial charge in [0.2, 0.25) is 0 Å². The number of hydrogen-bond acceptors (Lipinski definition) is 2. The van der Waals surface area contributed by atoms with Crippen LogP contribution in [0.5, 0.6) is 0 Å². The van der Waals surface area contributed by atoms with Crippen LogP contribution in [-0.4, -0.2) is 11.5 Å². The number of nitrogens with one attached hydrogen (secondary N) is 1. The molecule has 20 heavy (non-hydrogen) atoms. The summed E-state index contributed by atoms with van der Waals surface area (Å²) in [5.41, 5.74) is 3.93. The minimum absolute atomic E-state index is 0.200. The predicted octanol–water partition coefficient (Wildman–Crippen LogP) is 3.47. The second-order valence-corrected chi connectivity index (χ2v) is 5.25. The quantitative estimate of drug-likeness (QED) is 0.724. The third-order valence-corrected chi connectivity index (χ3v) is 4.09. The predicted molar refractivity (Wildman–Crippen MR) is 81.7 cm³/mol. The lowest BCUT2D eigenvalue weighted by molar-refractivity contribution is 0.560. The van der Waals surface area contributed by atoms with E-state index in [2.05, 4.69) is 64.9 Å². The summed E-state index contributed by atoms with van der Waals surface area (Å²) in [7, 11) is 0. The SMILES string of the molecule is c1ccc2c(c1)CCN[C@@H]2c1nccc2ccccc12. The number of hydrogen-bond donors (Lipinski definition) is 1. The Hall–Kier alpha value is -2.19. The van der Waals surface area contributed by atoms with Crippen molar-refractivity contribution in [3.63, 3.8) is 0 Å². The third kappa shape index (κ3) is 1.81. The molecule has 0 saturated heterocycles. The van der Waals surface area contributed by atoms with E-state index in [9.17, 15) is 0 Å². The highest BCUT2D eigenvalue weighted by molar-refractivity contribution is 5.85. The van der Waals surface area contributed by atoms with Crippen LogP contribution in [-0.2, 0) is 6.42 Å². The molecule has 98 valence electrons. The molecule has 0 unspecified atom stereocenters. The van der Waals surface area contributed by atoms with Crippen LogP contribution in [0.3, 0.4) is 0 Å². The lowest BCUT2D eigenvalue weighted by Crippen LogP contribution is -2.31. The molecule has 0 aliphatic carbocycles. The fourth-order valence-electron chi connectivity index (χ4n) is 3.12. The number of pyridine rings is 1. The van der Waals surface area contributed by atoms with E-state index in [0.717, 1.165) is 18.7 Å². The summed E-state index contributed by atoms with van der Waals surface area (Å²) < 4.78 is 0. The van der Waals surface area contributed by atoms with E-state index in [1.54, 1.807) is 0 Å². The van der Waals surface area contributed by atoms with E-state index in [4.69, 9.17) is 0 Å². The average Bonchev–Trinajstić information content (AvgIpc) is 2.54. The van der Waals surface area contributed by atoms with Crippen LogP contribution < -0.4 is 5.32 Å². The van der Waals surface area contributed by atoms with E-state index in [0.29, 0.717) is 0 Å². The van der Waals surface area contributed by atoms with Crippen LogP contribution >= 0.6 is 0 Å². The number of nitrogens with zero attached hydrogens (tertiary/aromatic N) is 1. The molecular formula is C18H16N2. The van der Waals surface area contributed by atoms with Crippen molar-refractivity contribution < 1.29 is 0 Å². The molecule has 1 atom stereocenters. The lowest BCUT2D eigenvalue weighted by Gasteiger charge is -2.27. The monoisotopic (exact) mass is 260 g/mol. The first-order chi connectivity index (χ1) is 9.93. The van der Waals surface area contributed by atoms with E-state index in [-0.39, 0.29) is 6.04 Å². The Morgan fingerprint density at radius 1 is 0.950 bits per heavy atom. The van der Waals surface area contributed by atoms with Gasteiger partial charge in [-0.3, -0.25) is 4.98 Å². The molecule has 0 radical (unpaired) electrons. The third-order valence-electron chi connectivity index (χ3n) is 4.09. The summed E-state index contributed by atoms with van der Waals surface area (Å²) in [6.07, 6.45) is 3.01. The van der Waals surface area contributed by atoms with Gasteiger partial charge in [0.1, 0.15) is 0 Å². The van der Waals surface area contributed by atoms with Gasteiger partial charge in [-0.2, -0.15) is 0 Å². The summed E-state index contributed by atoms with van der Waals surface area (Å²) in [5.74, 6) is 0. The zero-order valence-electron chi connectivity index (χ0n) is 11.2. The van der Waals surface area contributed by atoms with Gasteiger partial charge in [-0.05, 0) is 29.0 Å². The van der Waals surface area contributed by atoms with Gasteiger partial charge >= 0.3 is 0 Å². The topological polar surface area (TPSA) is 24.9 Å². The van der Waals surface area contributed by atoms with Crippen molar-refractivity contribution in [2.75, 3.05) is 6.54 Å². The van der Waals surface area contributed by atoms with Gasteiger partial charge in [0.25, 0.3) is 0 Å². The average molecular weight is 260 g/mol. The maximum atomic E-state index is 4.67. The number of benzene rings is 2. The van der Waals surface area contributed by atoms with Gasteiger partial charge < -0.3 is 5.32 Å². The first-order valence-corrected chi connectivity index (χ1v) is 7.08. The van der Waals surface area contributed by atoms with E-state index in [1.807, 2.05) is 6.20 Å². The molecule has 4 rings (SSSR count). The zero-order chi connectivity index (χ0) is 13.4. The second-order valence-electron chi connectivity index (χ2n) is 5.25. The smallest absolute Gasteiger partial charge is 0.0760 e. The van der Waals surface area contributed by atoms with Gasteiger partial charge in [0, 0.05) is 18.1 Å². The van der Waals surface area contributed by atoms with Gasteiger partial charge in [-0.25, -0.2) is 0 Å². The van der Waals surface area contributed by atoms with Crippen LogP contribution in [0.1, 0.15) is 22.9 Å². The summed E-state index contributed by atoms with van der Waals surface area (Å²) in [4.78, 5) is 4.67. The first-order valence-electron chi connectivity index (χ1n) is 7.08.